The van der Waals surface area contributed by atoms with E-state index in [1.807, 2.05) is 26.8 Å². The van der Waals surface area contributed by atoms with Crippen LogP contribution < -0.4 is 4.72 Å². The minimum Gasteiger partial charge on any atom is -0.391 e. The second kappa shape index (κ2) is 5.30. The molecule has 19 heavy (non-hydrogen) atoms. The Morgan fingerprint density at radius 1 is 1.32 bits per heavy atom. The quantitative estimate of drug-likeness (QED) is 0.914. The van der Waals surface area contributed by atoms with Crippen molar-refractivity contribution in [2.75, 3.05) is 6.54 Å². The Morgan fingerprint density at radius 3 is 2.63 bits per heavy atom. The molecule has 5 nitrogen and oxygen atoms in total. The summed E-state index contributed by atoms with van der Waals surface area (Å²) in [7, 11) is -3.49. The van der Waals surface area contributed by atoms with Crippen molar-refractivity contribution in [2.24, 2.45) is 5.16 Å². The predicted octanol–water partition coefficient (Wildman–Crippen LogP) is 1.75. The second-order valence-electron chi connectivity index (χ2n) is 4.86. The number of hydrogen-bond donors (Lipinski definition) is 1. The predicted molar refractivity (Wildman–Crippen MR) is 73.7 cm³/mol. The van der Waals surface area contributed by atoms with E-state index in [4.69, 9.17) is 4.84 Å². The molecule has 0 fully saturated rings. The third-order valence-corrected chi connectivity index (χ3v) is 4.59. The van der Waals surface area contributed by atoms with Crippen LogP contribution in [0.2, 0.25) is 0 Å². The molecule has 1 atom stereocenters. The summed E-state index contributed by atoms with van der Waals surface area (Å²) in [5, 5.41) is 3.80. The highest BCUT2D eigenvalue weighted by atomic mass is 32.2. The minimum absolute atomic E-state index is 0.207. The first kappa shape index (κ1) is 14.0. The molecule has 2 rings (SSSR count). The highest BCUT2D eigenvalue weighted by Gasteiger charge is 2.22. The lowest BCUT2D eigenvalue weighted by atomic mass is 10.1. The molecule has 0 saturated carbocycles. The number of benzene rings is 1. The topological polar surface area (TPSA) is 67.8 Å². The maximum Gasteiger partial charge on any atom is 0.240 e. The molecule has 104 valence electrons. The van der Waals surface area contributed by atoms with Gasteiger partial charge in [0.05, 0.1) is 17.2 Å². The Morgan fingerprint density at radius 2 is 2.05 bits per heavy atom. The Kier molecular flexibility index (Phi) is 3.91. The van der Waals surface area contributed by atoms with Gasteiger partial charge < -0.3 is 4.84 Å². The average Bonchev–Trinajstić information content (AvgIpc) is 2.76. The first-order chi connectivity index (χ1) is 8.88. The van der Waals surface area contributed by atoms with Gasteiger partial charge in [-0.05, 0) is 44.0 Å². The van der Waals surface area contributed by atoms with E-state index in [1.54, 1.807) is 12.1 Å². The first-order valence-electron chi connectivity index (χ1n) is 6.15. The Balaban J connectivity index is 2.04. The number of oxime groups is 1. The molecule has 1 aromatic carbocycles. The van der Waals surface area contributed by atoms with Crippen molar-refractivity contribution in [1.82, 2.24) is 4.72 Å². The van der Waals surface area contributed by atoms with Crippen LogP contribution in [-0.2, 0) is 14.9 Å². The van der Waals surface area contributed by atoms with Gasteiger partial charge in [-0.15, -0.1) is 0 Å². The summed E-state index contributed by atoms with van der Waals surface area (Å²) >= 11 is 0. The Labute approximate surface area is 113 Å². The second-order valence-corrected chi connectivity index (χ2v) is 6.62. The lowest BCUT2D eigenvalue weighted by Crippen LogP contribution is -2.32. The van der Waals surface area contributed by atoms with Crippen LogP contribution in [0.3, 0.4) is 0 Å². The molecule has 0 spiro atoms. The normalized spacial score (nSPS) is 19.1. The monoisotopic (exact) mass is 282 g/mol. The molecule has 1 heterocycles. The lowest BCUT2D eigenvalue weighted by Gasteiger charge is -2.11. The minimum atomic E-state index is -3.49. The van der Waals surface area contributed by atoms with Crippen LogP contribution in [0.15, 0.2) is 28.3 Å². The van der Waals surface area contributed by atoms with Crippen molar-refractivity contribution in [3.05, 3.63) is 29.3 Å². The van der Waals surface area contributed by atoms with Gasteiger partial charge in [0.15, 0.2) is 0 Å². The van der Waals surface area contributed by atoms with Crippen LogP contribution in [0.25, 0.3) is 0 Å². The zero-order valence-corrected chi connectivity index (χ0v) is 12.1. The summed E-state index contributed by atoms with van der Waals surface area (Å²) in [6.07, 6.45) is 0.455. The molecule has 0 radical (unpaired) electrons. The van der Waals surface area contributed by atoms with E-state index in [-0.39, 0.29) is 17.5 Å². The lowest BCUT2D eigenvalue weighted by molar-refractivity contribution is 0.0891. The van der Waals surface area contributed by atoms with Gasteiger partial charge in [-0.3, -0.25) is 0 Å². The molecule has 1 N–H and O–H groups in total. The summed E-state index contributed by atoms with van der Waals surface area (Å²) in [4.78, 5) is 5.38. The Hall–Kier alpha value is -1.40. The third kappa shape index (κ3) is 3.33. The molecule has 6 heteroatoms. The molecule has 1 aliphatic heterocycles. The molecular weight excluding hydrogens is 264 g/mol. The van der Waals surface area contributed by atoms with E-state index in [2.05, 4.69) is 9.88 Å². The van der Waals surface area contributed by atoms with Gasteiger partial charge in [0, 0.05) is 6.42 Å². The van der Waals surface area contributed by atoms with Gasteiger partial charge in [-0.1, -0.05) is 11.2 Å². The molecule has 1 aromatic rings. The average molecular weight is 282 g/mol. The fraction of sp³-hybridized carbons (Fsp3) is 0.462. The van der Waals surface area contributed by atoms with E-state index in [0.717, 1.165) is 16.8 Å². The van der Waals surface area contributed by atoms with E-state index in [9.17, 15) is 8.42 Å². The number of sulfonamides is 1. The van der Waals surface area contributed by atoms with Gasteiger partial charge in [-0.2, -0.15) is 0 Å². The zero-order valence-electron chi connectivity index (χ0n) is 11.3. The van der Waals surface area contributed by atoms with Crippen LogP contribution in [0.5, 0.6) is 0 Å². The summed E-state index contributed by atoms with van der Waals surface area (Å²) in [5.74, 6) is 0. The van der Waals surface area contributed by atoms with Gasteiger partial charge in [0.2, 0.25) is 10.0 Å². The van der Waals surface area contributed by atoms with E-state index < -0.39 is 10.0 Å². The fourth-order valence-electron chi connectivity index (χ4n) is 1.85. The van der Waals surface area contributed by atoms with Gasteiger partial charge in [0.25, 0.3) is 0 Å². The van der Waals surface area contributed by atoms with Gasteiger partial charge >= 0.3 is 0 Å². The molecule has 1 aliphatic rings. The van der Waals surface area contributed by atoms with Crippen LogP contribution in [0.4, 0.5) is 0 Å². The van der Waals surface area contributed by atoms with Crippen molar-refractivity contribution >= 4 is 15.7 Å². The molecule has 0 aliphatic carbocycles. The molecule has 0 saturated heterocycles. The summed E-state index contributed by atoms with van der Waals surface area (Å²) in [6, 6.07) is 5.10. The van der Waals surface area contributed by atoms with E-state index >= 15 is 0 Å². The Bertz CT molecular complexity index is 608. The largest absolute Gasteiger partial charge is 0.391 e. The van der Waals surface area contributed by atoms with Crippen molar-refractivity contribution in [3.63, 3.8) is 0 Å². The van der Waals surface area contributed by atoms with Crippen LogP contribution in [0, 0.1) is 13.8 Å². The molecule has 0 amide bonds. The highest BCUT2D eigenvalue weighted by Crippen LogP contribution is 2.15. The van der Waals surface area contributed by atoms with Crippen molar-refractivity contribution in [2.45, 2.75) is 38.2 Å². The maximum absolute atomic E-state index is 12.1. The van der Waals surface area contributed by atoms with Crippen LogP contribution in [0.1, 0.15) is 24.5 Å². The number of aryl methyl sites for hydroxylation is 2. The number of hydrogen-bond acceptors (Lipinski definition) is 4. The van der Waals surface area contributed by atoms with E-state index in [1.165, 1.54) is 0 Å². The highest BCUT2D eigenvalue weighted by molar-refractivity contribution is 7.89. The summed E-state index contributed by atoms with van der Waals surface area (Å²) in [6.45, 7) is 5.94. The first-order valence-corrected chi connectivity index (χ1v) is 7.63. The van der Waals surface area contributed by atoms with Gasteiger partial charge in [-0.25, -0.2) is 13.1 Å². The number of nitrogens with one attached hydrogen (secondary N) is 1. The molecule has 0 unspecified atom stereocenters. The van der Waals surface area contributed by atoms with Crippen molar-refractivity contribution in [1.29, 1.82) is 0 Å². The van der Waals surface area contributed by atoms with Gasteiger partial charge in [0.1, 0.15) is 6.10 Å². The van der Waals surface area contributed by atoms with Crippen molar-refractivity contribution < 1.29 is 13.3 Å². The maximum atomic E-state index is 12.1. The third-order valence-electron chi connectivity index (χ3n) is 3.17. The number of rotatable bonds is 4. The standard InChI is InChI=1S/C13H18N2O3S/c1-9-4-5-13(6-10(9)2)19(16,17)14-8-12-7-11(3)15-18-12/h4-6,12,14H,7-8H2,1-3H3/t12-/m0/s1. The summed E-state index contributed by atoms with van der Waals surface area (Å²) in [5.41, 5.74) is 2.91. The fourth-order valence-corrected chi connectivity index (χ4v) is 3.00. The smallest absolute Gasteiger partial charge is 0.240 e. The summed E-state index contributed by atoms with van der Waals surface area (Å²) < 4.78 is 26.8. The van der Waals surface area contributed by atoms with E-state index in [0.29, 0.717) is 6.42 Å². The van der Waals surface area contributed by atoms with Crippen molar-refractivity contribution in [3.8, 4) is 0 Å². The van der Waals surface area contributed by atoms with Crippen LogP contribution in [-0.4, -0.2) is 26.8 Å². The molecule has 0 bridgehead atoms. The number of nitrogens with zero attached hydrogens (tertiary/aromatic N) is 1. The zero-order chi connectivity index (χ0) is 14.0. The van der Waals surface area contributed by atoms with Crippen LogP contribution >= 0.6 is 0 Å². The SMILES string of the molecule is CC1=NO[C@H](CNS(=O)(=O)c2ccc(C)c(C)c2)C1. The molecular formula is C13H18N2O3S. The molecule has 0 aromatic heterocycles.